The van der Waals surface area contributed by atoms with E-state index in [0.29, 0.717) is 85.3 Å². The van der Waals surface area contributed by atoms with Gasteiger partial charge in [-0.2, -0.15) is 5.10 Å². The molecule has 1 saturated heterocycles. The summed E-state index contributed by atoms with van der Waals surface area (Å²) in [7, 11) is 0. The number of rotatable bonds is 10. The topological polar surface area (TPSA) is 116 Å². The number of aromatic amines is 1. The Kier molecular flexibility index (Phi) is 10.3. The molecule has 5 atom stereocenters. The molecule has 2 amide bonds. The maximum Gasteiger partial charge on any atom is 0.272 e. The van der Waals surface area contributed by atoms with Gasteiger partial charge < -0.3 is 19.6 Å². The summed E-state index contributed by atoms with van der Waals surface area (Å²) >= 11 is 0. The Balaban J connectivity index is 0.764. The largest absolute Gasteiger partial charge is 0.508 e. The number of amides is 2. The first kappa shape index (κ1) is 36.4. The van der Waals surface area contributed by atoms with Crippen molar-refractivity contribution in [3.05, 3.63) is 105 Å². The fraction of sp³-hybridized carbons (Fsp3) is 0.500. The van der Waals surface area contributed by atoms with Crippen LogP contribution < -0.4 is 5.56 Å². The lowest BCUT2D eigenvalue weighted by molar-refractivity contribution is -0.132. The number of nitrogens with zero attached hydrogens (tertiary/aromatic N) is 3. The van der Waals surface area contributed by atoms with Gasteiger partial charge in [0.1, 0.15) is 11.6 Å². The zero-order chi connectivity index (χ0) is 37.4. The number of phenolic OH excluding ortho intramolecular Hbond substituents is 1. The lowest BCUT2D eigenvalue weighted by Crippen LogP contribution is -2.50. The van der Waals surface area contributed by atoms with Crippen LogP contribution in [0.4, 0.5) is 4.39 Å². The summed E-state index contributed by atoms with van der Waals surface area (Å²) in [4.78, 5) is 42.2. The molecule has 0 spiro atoms. The van der Waals surface area contributed by atoms with Gasteiger partial charge in [-0.15, -0.1) is 0 Å². The van der Waals surface area contributed by atoms with E-state index in [4.69, 9.17) is 4.74 Å². The van der Waals surface area contributed by atoms with Crippen molar-refractivity contribution in [2.45, 2.75) is 89.6 Å². The van der Waals surface area contributed by atoms with E-state index in [1.165, 1.54) is 42.9 Å². The van der Waals surface area contributed by atoms with Gasteiger partial charge >= 0.3 is 0 Å². The summed E-state index contributed by atoms with van der Waals surface area (Å²) in [6, 6.07) is 17.7. The Bertz CT molecular complexity index is 2090. The predicted octanol–water partition coefficient (Wildman–Crippen LogP) is 7.14. The fourth-order valence-corrected chi connectivity index (χ4v) is 10.4. The fourth-order valence-electron chi connectivity index (χ4n) is 10.4. The highest BCUT2D eigenvalue weighted by Crippen LogP contribution is 2.61. The summed E-state index contributed by atoms with van der Waals surface area (Å²) in [5.41, 5.74) is 4.11. The number of aromatic nitrogens is 2. The number of phenols is 1. The Morgan fingerprint density at radius 1 is 0.944 bits per heavy atom. The van der Waals surface area contributed by atoms with Crippen molar-refractivity contribution in [3.8, 4) is 5.75 Å². The summed E-state index contributed by atoms with van der Waals surface area (Å²) < 4.78 is 21.5. The van der Waals surface area contributed by atoms with Gasteiger partial charge in [0.2, 0.25) is 5.91 Å². The number of unbranched alkanes of at least 4 members (excludes halogenated alkanes) is 2. The van der Waals surface area contributed by atoms with Crippen molar-refractivity contribution < 1.29 is 23.8 Å². The van der Waals surface area contributed by atoms with E-state index in [9.17, 15) is 23.9 Å². The second kappa shape index (κ2) is 15.3. The minimum atomic E-state index is -0.585. The van der Waals surface area contributed by atoms with Crippen molar-refractivity contribution in [1.82, 2.24) is 20.0 Å². The Morgan fingerprint density at radius 3 is 2.57 bits per heavy atom. The van der Waals surface area contributed by atoms with Gasteiger partial charge in [0, 0.05) is 51.0 Å². The third-order valence-corrected chi connectivity index (χ3v) is 13.3. The minimum Gasteiger partial charge on any atom is -0.508 e. The first-order valence-corrected chi connectivity index (χ1v) is 19.9. The van der Waals surface area contributed by atoms with Crippen LogP contribution in [-0.4, -0.2) is 75.8 Å². The number of aryl methyl sites for hydroxylation is 1. The molecule has 0 bridgehead atoms. The number of hydrogen-bond donors (Lipinski definition) is 2. The van der Waals surface area contributed by atoms with Gasteiger partial charge in [0.15, 0.2) is 0 Å². The first-order chi connectivity index (χ1) is 26.2. The molecule has 0 radical (unpaired) electrons. The summed E-state index contributed by atoms with van der Waals surface area (Å²) in [5.74, 6) is 1.50. The Morgan fingerprint density at radius 2 is 1.74 bits per heavy atom. The van der Waals surface area contributed by atoms with Gasteiger partial charge in [0.05, 0.1) is 22.7 Å². The van der Waals surface area contributed by atoms with Gasteiger partial charge in [-0.05, 0) is 122 Å². The normalized spacial score (nSPS) is 24.9. The number of H-pyrrole nitrogens is 1. The molecule has 284 valence electrons. The van der Waals surface area contributed by atoms with Crippen molar-refractivity contribution in [2.75, 3.05) is 32.8 Å². The lowest BCUT2D eigenvalue weighted by atomic mass is 9.55. The van der Waals surface area contributed by atoms with E-state index >= 15 is 0 Å². The smallest absolute Gasteiger partial charge is 0.272 e. The maximum absolute atomic E-state index is 15.0. The minimum absolute atomic E-state index is 0.000293. The molecule has 4 aromatic rings. The van der Waals surface area contributed by atoms with E-state index in [-0.39, 0.29) is 28.4 Å². The Labute approximate surface area is 315 Å². The number of halogens is 1. The van der Waals surface area contributed by atoms with Crippen LogP contribution >= 0.6 is 0 Å². The summed E-state index contributed by atoms with van der Waals surface area (Å²) in [6.07, 6.45) is 10.8. The van der Waals surface area contributed by atoms with Crippen molar-refractivity contribution in [1.29, 1.82) is 0 Å². The van der Waals surface area contributed by atoms with Crippen molar-refractivity contribution in [2.24, 2.45) is 17.3 Å². The molecule has 3 aliphatic carbocycles. The molecule has 2 heterocycles. The molecule has 1 aromatic heterocycles. The van der Waals surface area contributed by atoms with E-state index in [1.54, 1.807) is 29.2 Å². The Hall–Kier alpha value is -4.57. The molecule has 3 fully saturated rings. The first-order valence-electron chi connectivity index (χ1n) is 19.9. The van der Waals surface area contributed by atoms with Crippen LogP contribution in [0, 0.1) is 23.1 Å². The molecule has 4 aliphatic rings. The van der Waals surface area contributed by atoms with Crippen LogP contribution in [0.1, 0.15) is 103 Å². The number of ether oxygens (including phenoxy) is 1. The highest BCUT2D eigenvalue weighted by Gasteiger charge is 2.55. The van der Waals surface area contributed by atoms with Crippen molar-refractivity contribution in [3.63, 3.8) is 0 Å². The molecule has 1 aliphatic heterocycles. The molecule has 2 N–H and O–H groups in total. The summed E-state index contributed by atoms with van der Waals surface area (Å²) in [6.45, 7) is 4.76. The van der Waals surface area contributed by atoms with Gasteiger partial charge in [-0.1, -0.05) is 43.7 Å². The van der Waals surface area contributed by atoms with Gasteiger partial charge in [-0.3, -0.25) is 14.4 Å². The monoisotopic (exact) mass is 734 g/mol. The van der Waals surface area contributed by atoms with Gasteiger partial charge in [0.25, 0.3) is 11.5 Å². The van der Waals surface area contributed by atoms with Gasteiger partial charge in [-0.25, -0.2) is 9.49 Å². The predicted molar refractivity (Wildman–Crippen MR) is 205 cm³/mol. The number of carbonyl (C=O) groups excluding carboxylic acids is 2. The van der Waals surface area contributed by atoms with Crippen LogP contribution in [0.3, 0.4) is 0 Å². The number of hydrogen-bond acceptors (Lipinski definition) is 6. The third-order valence-electron chi connectivity index (χ3n) is 13.3. The molecule has 8 rings (SSSR count). The van der Waals surface area contributed by atoms with Crippen LogP contribution in [-0.2, 0) is 22.4 Å². The second-order valence-electron chi connectivity index (χ2n) is 16.3. The zero-order valence-corrected chi connectivity index (χ0v) is 31.2. The number of piperazine rings is 1. The van der Waals surface area contributed by atoms with E-state index in [1.807, 2.05) is 29.2 Å². The molecular weight excluding hydrogens is 684 g/mol. The lowest BCUT2D eigenvalue weighted by Gasteiger charge is -2.50. The van der Waals surface area contributed by atoms with E-state index in [0.717, 1.165) is 44.1 Å². The third kappa shape index (κ3) is 7.05. The van der Waals surface area contributed by atoms with Crippen LogP contribution in [0.5, 0.6) is 5.75 Å². The number of benzene rings is 3. The number of carbonyl (C=O) groups is 2. The molecule has 2 saturated carbocycles. The zero-order valence-electron chi connectivity index (χ0n) is 31.2. The SMILES string of the molecule is C[C@]12CC[C@@H]3c4ccc(O)cc4CC[C@H]3[C@@H]1CC[C@@H]2OCCCCCC(=O)N1CCN(C(=O)c2cc(Cc3n[nH]c(=O)c4ccccc34)ccc2F)CC1. The molecular formula is C44H51FN4O5. The average molecular weight is 735 g/mol. The van der Waals surface area contributed by atoms with Crippen LogP contribution in [0.15, 0.2) is 65.5 Å². The molecule has 0 unspecified atom stereocenters. The second-order valence-corrected chi connectivity index (χ2v) is 16.3. The highest BCUT2D eigenvalue weighted by atomic mass is 19.1. The van der Waals surface area contributed by atoms with Crippen LogP contribution in [0.25, 0.3) is 10.8 Å². The molecule has 9 nitrogen and oxygen atoms in total. The number of fused-ring (bicyclic) bond motifs is 6. The number of nitrogens with one attached hydrogen (secondary N) is 1. The highest BCUT2D eigenvalue weighted by molar-refractivity contribution is 5.95. The average Bonchev–Trinajstić information content (AvgIpc) is 3.53. The maximum atomic E-state index is 15.0. The van der Waals surface area contributed by atoms with Crippen molar-refractivity contribution >= 4 is 22.6 Å². The molecule has 10 heteroatoms. The molecule has 54 heavy (non-hydrogen) atoms. The summed E-state index contributed by atoms with van der Waals surface area (Å²) in [5, 5.41) is 18.0. The molecule has 3 aromatic carbocycles. The quantitative estimate of drug-likeness (QED) is 0.167. The standard InChI is InChI=1S/C44H51FN4O5/c1-44-19-18-32-31-14-12-30(50)27-29(31)11-13-33(32)37(44)15-17-40(44)54-24-6-2-3-9-41(51)48-20-22-49(23-21-48)43(53)36-25-28(10-16-38(36)45)26-39-34-7-4-5-8-35(34)42(52)47-46-39/h4-5,7-8,10,12,14,16,25,27,32-33,37,40,50H,2-3,6,9,11,13,15,17-24,26H2,1H3,(H,47,52)/t32-,33-,37+,40+,44+/m1/s1. The number of aromatic hydroxyl groups is 1. The van der Waals surface area contributed by atoms with Crippen LogP contribution in [0.2, 0.25) is 0 Å². The van der Waals surface area contributed by atoms with E-state index in [2.05, 4.69) is 23.2 Å². The van der Waals surface area contributed by atoms with E-state index < -0.39 is 5.82 Å².